The van der Waals surface area contributed by atoms with Crippen molar-refractivity contribution in [1.82, 2.24) is 0 Å². The molecule has 5 nitrogen and oxygen atoms in total. The fourth-order valence-electron chi connectivity index (χ4n) is 0.721. The molecule has 0 aliphatic carbocycles. The maximum Gasteiger partial charge on any atom is 0.159 e. The van der Waals surface area contributed by atoms with E-state index in [1.165, 1.54) is 13.8 Å². The minimum absolute atomic E-state index is 0.134. The minimum Gasteiger partial charge on any atom is -0.400 e. The van der Waals surface area contributed by atoms with Gasteiger partial charge in [0.05, 0.1) is 6.61 Å². The van der Waals surface area contributed by atoms with E-state index >= 15 is 0 Å². The van der Waals surface area contributed by atoms with Gasteiger partial charge in [-0.1, -0.05) is 0 Å². The Morgan fingerprint density at radius 2 is 1.56 bits per heavy atom. The summed E-state index contributed by atoms with van der Waals surface area (Å²) in [7, 11) is 1.00. The van der Waals surface area contributed by atoms with Gasteiger partial charge in [-0.25, -0.2) is 4.39 Å². The number of halogens is 1. The topological polar surface area (TPSA) is 90.2 Å². The summed E-state index contributed by atoms with van der Waals surface area (Å²) in [6.07, 6.45) is -0.864. The number of ether oxygens (including phenoxy) is 1. The van der Waals surface area contributed by atoms with Crippen LogP contribution in [0, 0.1) is 0 Å². The maximum atomic E-state index is 12.7. The lowest BCUT2D eigenvalue weighted by atomic mass is 10.2. The van der Waals surface area contributed by atoms with E-state index in [-0.39, 0.29) is 32.2 Å². The van der Waals surface area contributed by atoms with E-state index in [1.807, 2.05) is 0 Å². The second-order valence-electron chi connectivity index (χ2n) is 4.29. The van der Waals surface area contributed by atoms with Gasteiger partial charge in [-0.15, -0.1) is 0 Å². The molecule has 0 saturated carbocycles. The molecule has 0 rings (SSSR count). The normalized spacial score (nSPS) is 12.2. The molecule has 18 heavy (non-hydrogen) atoms. The van der Waals surface area contributed by atoms with E-state index in [2.05, 4.69) is 0 Å². The zero-order chi connectivity index (χ0) is 15.2. The van der Waals surface area contributed by atoms with Crippen LogP contribution >= 0.6 is 0 Å². The summed E-state index contributed by atoms with van der Waals surface area (Å²) in [6, 6.07) is 0. The number of hydrogen-bond donors (Lipinski definition) is 4. The molecule has 0 radical (unpaired) electrons. The molecule has 1 atom stereocenters. The molecule has 0 saturated heterocycles. The summed E-state index contributed by atoms with van der Waals surface area (Å²) in [5, 5.41) is 32.5. The standard InChI is InChI=1S/C8H17FO3.C3H8O.CH4O/c1-8(2,11)12-6-4-7(9)3-5-10;1-3(2)4;1-2/h7,10-11H,3-6H2,1-2H3;3-4H,1-2H3;2H,1H3. The van der Waals surface area contributed by atoms with E-state index in [9.17, 15) is 4.39 Å². The first-order chi connectivity index (χ1) is 8.19. The van der Waals surface area contributed by atoms with Crippen LogP contribution in [0.25, 0.3) is 0 Å². The van der Waals surface area contributed by atoms with Crippen LogP contribution in [-0.2, 0) is 4.74 Å². The quantitative estimate of drug-likeness (QED) is 0.538. The highest BCUT2D eigenvalue weighted by Crippen LogP contribution is 2.08. The highest BCUT2D eigenvalue weighted by atomic mass is 19.1. The van der Waals surface area contributed by atoms with E-state index in [0.717, 1.165) is 7.11 Å². The molecular formula is C12H29FO5. The zero-order valence-corrected chi connectivity index (χ0v) is 12.1. The van der Waals surface area contributed by atoms with Crippen LogP contribution in [-0.4, -0.2) is 58.8 Å². The van der Waals surface area contributed by atoms with Gasteiger partial charge in [-0.3, -0.25) is 0 Å². The van der Waals surface area contributed by atoms with Crippen LogP contribution in [0.3, 0.4) is 0 Å². The molecule has 0 aromatic heterocycles. The van der Waals surface area contributed by atoms with Crippen molar-refractivity contribution in [2.75, 3.05) is 20.3 Å². The van der Waals surface area contributed by atoms with E-state index in [0.29, 0.717) is 0 Å². The van der Waals surface area contributed by atoms with Gasteiger partial charge < -0.3 is 25.2 Å². The second kappa shape index (κ2) is 14.8. The van der Waals surface area contributed by atoms with Crippen molar-refractivity contribution in [3.8, 4) is 0 Å². The first kappa shape index (κ1) is 22.9. The van der Waals surface area contributed by atoms with Gasteiger partial charge in [-0.05, 0) is 27.7 Å². The Labute approximate surface area is 109 Å². The average molecular weight is 272 g/mol. The summed E-state index contributed by atoms with van der Waals surface area (Å²) in [5.41, 5.74) is 0. The van der Waals surface area contributed by atoms with Crippen molar-refractivity contribution in [3.05, 3.63) is 0 Å². The fraction of sp³-hybridized carbons (Fsp3) is 1.00. The van der Waals surface area contributed by atoms with E-state index < -0.39 is 12.0 Å². The van der Waals surface area contributed by atoms with Crippen molar-refractivity contribution in [1.29, 1.82) is 0 Å². The molecule has 0 bridgehead atoms. The van der Waals surface area contributed by atoms with Crippen LogP contribution in [0.5, 0.6) is 0 Å². The van der Waals surface area contributed by atoms with Crippen LogP contribution in [0.2, 0.25) is 0 Å². The first-order valence-electron chi connectivity index (χ1n) is 5.93. The third-order valence-electron chi connectivity index (χ3n) is 1.33. The Balaban J connectivity index is -0.000000317. The van der Waals surface area contributed by atoms with E-state index in [1.54, 1.807) is 13.8 Å². The molecule has 0 aliphatic heterocycles. The summed E-state index contributed by atoms with van der Waals surface area (Å²) in [6.45, 7) is 6.45. The molecule has 114 valence electrons. The molecule has 0 fully saturated rings. The average Bonchev–Trinajstić information content (AvgIpc) is 2.18. The molecular weight excluding hydrogens is 243 g/mol. The lowest BCUT2D eigenvalue weighted by molar-refractivity contribution is -0.178. The zero-order valence-electron chi connectivity index (χ0n) is 12.1. The van der Waals surface area contributed by atoms with Crippen LogP contribution in [0.1, 0.15) is 40.5 Å². The van der Waals surface area contributed by atoms with Crippen molar-refractivity contribution in [3.63, 3.8) is 0 Å². The highest BCUT2D eigenvalue weighted by Gasteiger charge is 2.13. The summed E-state index contributed by atoms with van der Waals surface area (Å²) >= 11 is 0. The molecule has 0 aromatic carbocycles. The predicted octanol–water partition coefficient (Wildman–Crippen LogP) is 0.838. The Morgan fingerprint density at radius 1 is 1.17 bits per heavy atom. The predicted molar refractivity (Wildman–Crippen MR) is 69.0 cm³/mol. The Kier molecular flexibility index (Phi) is 18.8. The van der Waals surface area contributed by atoms with Crippen molar-refractivity contribution < 1.29 is 29.6 Å². The molecule has 1 unspecified atom stereocenters. The smallest absolute Gasteiger partial charge is 0.159 e. The van der Waals surface area contributed by atoms with Crippen LogP contribution < -0.4 is 0 Å². The third kappa shape index (κ3) is 36.1. The lowest BCUT2D eigenvalue weighted by Gasteiger charge is -2.18. The fourth-order valence-corrected chi connectivity index (χ4v) is 0.721. The largest absolute Gasteiger partial charge is 0.400 e. The summed E-state index contributed by atoms with van der Waals surface area (Å²) in [4.78, 5) is 0. The van der Waals surface area contributed by atoms with Crippen molar-refractivity contribution >= 4 is 0 Å². The van der Waals surface area contributed by atoms with Gasteiger partial charge in [-0.2, -0.15) is 0 Å². The summed E-state index contributed by atoms with van der Waals surface area (Å²) < 4.78 is 17.5. The number of alkyl halides is 1. The molecule has 0 spiro atoms. The Hall–Kier alpha value is -0.270. The molecule has 6 heteroatoms. The number of aliphatic hydroxyl groups excluding tert-OH is 3. The number of rotatable bonds is 6. The highest BCUT2D eigenvalue weighted by molar-refractivity contribution is 4.56. The summed E-state index contributed by atoms with van der Waals surface area (Å²) in [5.74, 6) is -1.20. The number of hydrogen-bond acceptors (Lipinski definition) is 5. The molecule has 0 amide bonds. The second-order valence-corrected chi connectivity index (χ2v) is 4.29. The molecule has 4 N–H and O–H groups in total. The molecule has 0 aromatic rings. The van der Waals surface area contributed by atoms with Gasteiger partial charge in [0.2, 0.25) is 0 Å². The molecule has 0 aliphatic rings. The minimum atomic E-state index is -1.20. The van der Waals surface area contributed by atoms with Gasteiger partial charge in [0.15, 0.2) is 5.79 Å². The van der Waals surface area contributed by atoms with Gasteiger partial charge in [0.1, 0.15) is 6.17 Å². The lowest BCUT2D eigenvalue weighted by Crippen LogP contribution is -2.24. The number of aliphatic hydroxyl groups is 4. The van der Waals surface area contributed by atoms with Gasteiger partial charge in [0, 0.05) is 32.7 Å². The Morgan fingerprint density at radius 3 is 1.83 bits per heavy atom. The van der Waals surface area contributed by atoms with Crippen LogP contribution in [0.4, 0.5) is 4.39 Å². The Bertz CT molecular complexity index is 145. The maximum absolute atomic E-state index is 12.7. The van der Waals surface area contributed by atoms with Gasteiger partial charge in [0.25, 0.3) is 0 Å². The monoisotopic (exact) mass is 272 g/mol. The molecule has 0 heterocycles. The first-order valence-corrected chi connectivity index (χ1v) is 5.93. The van der Waals surface area contributed by atoms with Gasteiger partial charge >= 0.3 is 0 Å². The van der Waals surface area contributed by atoms with Crippen LogP contribution in [0.15, 0.2) is 0 Å². The van der Waals surface area contributed by atoms with Crippen molar-refractivity contribution in [2.24, 2.45) is 0 Å². The van der Waals surface area contributed by atoms with E-state index in [4.69, 9.17) is 25.2 Å². The SMILES string of the molecule is CC(C)(O)OCCC(F)CCO.CC(C)O.CO. The third-order valence-corrected chi connectivity index (χ3v) is 1.33. The van der Waals surface area contributed by atoms with Crippen molar-refractivity contribution in [2.45, 2.75) is 58.6 Å².